The maximum atomic E-state index is 11.4. The minimum Gasteiger partial charge on any atom is -0.385 e. The number of nitrogen functional groups attached to an aromatic ring is 1. The van der Waals surface area contributed by atoms with Gasteiger partial charge in [-0.3, -0.25) is 19.3 Å². The van der Waals surface area contributed by atoms with Crippen LogP contribution in [0, 0.1) is 6.92 Å². The Hall–Kier alpha value is -2.47. The average Bonchev–Trinajstić information content (AvgIpc) is 3.16. The number of aryl methyl sites for hydroxylation is 1. The molecule has 0 bridgehead atoms. The minimum atomic E-state index is -4.90. The summed E-state index contributed by atoms with van der Waals surface area (Å²) >= 11 is 0. The summed E-state index contributed by atoms with van der Waals surface area (Å²) in [5.41, 5.74) is 8.40. The fourth-order valence-electron chi connectivity index (χ4n) is 3.44. The van der Waals surface area contributed by atoms with Crippen molar-refractivity contribution in [3.05, 3.63) is 12.2 Å². The monoisotopic (exact) mass is 460 g/mol. The van der Waals surface area contributed by atoms with Crippen LogP contribution in [0.25, 0.3) is 11.2 Å². The summed E-state index contributed by atoms with van der Waals surface area (Å²) in [5.74, 6) is 5.17. The van der Waals surface area contributed by atoms with E-state index in [1.165, 1.54) is 10.9 Å². The number of nitrogens with two attached hydrogens (primary N) is 2. The van der Waals surface area contributed by atoms with Crippen molar-refractivity contribution >= 4 is 33.3 Å². The topological polar surface area (TPSA) is 221 Å². The molecular weight excluding hydrogens is 436 g/mol. The lowest BCUT2D eigenvalue weighted by Crippen LogP contribution is -2.42. The second-order valence-corrected chi connectivity index (χ2v) is 8.13. The van der Waals surface area contributed by atoms with E-state index in [-0.39, 0.29) is 42.4 Å². The molecule has 0 aromatic carbocycles. The minimum absolute atomic E-state index is 0.0639. The molecule has 1 aliphatic rings. The predicted molar refractivity (Wildman–Crippen MR) is 105 cm³/mol. The maximum absolute atomic E-state index is 11.4. The number of hydrazine groups is 1. The van der Waals surface area contributed by atoms with Crippen molar-refractivity contribution in [1.82, 2.24) is 29.8 Å². The largest absolute Gasteiger partial charge is 0.397 e. The van der Waals surface area contributed by atoms with E-state index in [2.05, 4.69) is 15.0 Å². The van der Waals surface area contributed by atoms with Gasteiger partial charge in [-0.05, 0) is 14.0 Å². The molecule has 172 valence electrons. The molecule has 0 radical (unpaired) electrons. The molecule has 0 aliphatic carbocycles. The second kappa shape index (κ2) is 8.95. The molecular formula is C15H24N8O7S. The highest BCUT2D eigenvalue weighted by atomic mass is 32.3. The zero-order valence-corrected chi connectivity index (χ0v) is 17.6. The Balaban J connectivity index is 1.89. The molecule has 1 saturated heterocycles. The van der Waals surface area contributed by atoms with Gasteiger partial charge in [0, 0.05) is 19.5 Å². The first-order chi connectivity index (χ1) is 14.5. The van der Waals surface area contributed by atoms with Crippen molar-refractivity contribution < 1.29 is 31.8 Å². The Kier molecular flexibility index (Phi) is 6.70. The van der Waals surface area contributed by atoms with Gasteiger partial charge in [-0.1, -0.05) is 0 Å². The highest BCUT2D eigenvalue weighted by Crippen LogP contribution is 2.35. The quantitative estimate of drug-likeness (QED) is 0.119. The number of rotatable bonds is 8. The van der Waals surface area contributed by atoms with Crippen LogP contribution in [0.2, 0.25) is 0 Å². The van der Waals surface area contributed by atoms with Gasteiger partial charge >= 0.3 is 10.4 Å². The number of amides is 1. The Morgan fingerprint density at radius 3 is 2.81 bits per heavy atom. The lowest BCUT2D eigenvalue weighted by molar-refractivity contribution is -0.121. The molecule has 3 rings (SSSR count). The Morgan fingerprint density at radius 2 is 2.16 bits per heavy atom. The van der Waals surface area contributed by atoms with Crippen molar-refractivity contribution in [2.75, 3.05) is 25.9 Å². The van der Waals surface area contributed by atoms with Crippen LogP contribution in [0.15, 0.2) is 6.33 Å². The molecule has 3 heterocycles. The SMILES string of the molecule is Cc1nc2c(N)ncnc2n1[C@@H]1O[C@H](CN(C)CCC(=O)NN)[C@@H](OS(=O)(=O)O)[C@H]1O. The number of hydrogen-bond donors (Lipinski definition) is 5. The number of imidazole rings is 1. The fraction of sp³-hybridized carbons (Fsp3) is 0.600. The number of ether oxygens (including phenoxy) is 1. The molecule has 1 fully saturated rings. The number of fused-ring (bicyclic) bond motifs is 1. The number of carbonyl (C=O) groups is 1. The van der Waals surface area contributed by atoms with E-state index in [0.717, 1.165) is 0 Å². The third kappa shape index (κ3) is 5.06. The number of likely N-dealkylation sites (N-methyl/N-ethyl adjacent to an activating group) is 1. The Labute approximate surface area is 177 Å². The molecule has 2 aromatic heterocycles. The number of nitrogens with zero attached hydrogens (tertiary/aromatic N) is 5. The van der Waals surface area contributed by atoms with E-state index in [0.29, 0.717) is 5.82 Å². The third-order valence-electron chi connectivity index (χ3n) is 4.85. The number of anilines is 1. The van der Waals surface area contributed by atoms with Crippen LogP contribution in [-0.4, -0.2) is 86.9 Å². The van der Waals surface area contributed by atoms with Crippen LogP contribution in [0.3, 0.4) is 0 Å². The number of carbonyl (C=O) groups excluding carboxylic acids is 1. The molecule has 1 amide bonds. The van der Waals surface area contributed by atoms with Crippen LogP contribution >= 0.6 is 0 Å². The van der Waals surface area contributed by atoms with Gasteiger partial charge in [-0.15, -0.1) is 0 Å². The molecule has 2 aromatic rings. The van der Waals surface area contributed by atoms with Gasteiger partial charge in [0.15, 0.2) is 23.2 Å². The van der Waals surface area contributed by atoms with Gasteiger partial charge < -0.3 is 20.5 Å². The van der Waals surface area contributed by atoms with Crippen LogP contribution in [-0.2, 0) is 24.1 Å². The van der Waals surface area contributed by atoms with Crippen molar-refractivity contribution in [3.8, 4) is 0 Å². The van der Waals surface area contributed by atoms with Crippen LogP contribution in [0.5, 0.6) is 0 Å². The molecule has 0 spiro atoms. The number of aliphatic hydroxyl groups is 1. The zero-order chi connectivity index (χ0) is 22.9. The van der Waals surface area contributed by atoms with Crippen LogP contribution in [0.1, 0.15) is 18.5 Å². The standard InChI is InChI=1S/C15H24N8O7S/c1-7-20-10-13(16)18-6-19-14(10)23(7)15-11(25)12(30-31(26,27)28)8(29-15)5-22(2)4-3-9(24)21-17/h6,8,11-12,15,25H,3-5,17H2,1-2H3,(H,21,24)(H2,16,18,19)(H,26,27,28)/t8-,11-,12-,15-/m1/s1. The van der Waals surface area contributed by atoms with Crippen LogP contribution < -0.4 is 17.0 Å². The van der Waals surface area contributed by atoms with Gasteiger partial charge in [0.1, 0.15) is 30.5 Å². The van der Waals surface area contributed by atoms with E-state index in [4.69, 9.17) is 20.5 Å². The summed E-state index contributed by atoms with van der Waals surface area (Å²) < 4.78 is 44.0. The molecule has 0 saturated carbocycles. The maximum Gasteiger partial charge on any atom is 0.397 e. The number of nitrogens with one attached hydrogen (secondary N) is 1. The number of hydrogen-bond acceptors (Lipinski definition) is 12. The lowest BCUT2D eigenvalue weighted by Gasteiger charge is -2.24. The number of aliphatic hydroxyl groups excluding tert-OH is 1. The number of aromatic nitrogens is 4. The first kappa shape index (κ1) is 23.2. The van der Waals surface area contributed by atoms with E-state index >= 15 is 0 Å². The van der Waals surface area contributed by atoms with Crippen LogP contribution in [0.4, 0.5) is 5.82 Å². The average molecular weight is 460 g/mol. The molecule has 16 heteroatoms. The molecule has 4 atom stereocenters. The Morgan fingerprint density at radius 1 is 1.45 bits per heavy atom. The molecule has 1 aliphatic heterocycles. The summed E-state index contributed by atoms with van der Waals surface area (Å²) in [7, 11) is -3.24. The Bertz CT molecular complexity index is 1060. The molecule has 15 nitrogen and oxygen atoms in total. The van der Waals surface area contributed by atoms with E-state index in [9.17, 15) is 22.9 Å². The van der Waals surface area contributed by atoms with Crippen molar-refractivity contribution in [3.63, 3.8) is 0 Å². The van der Waals surface area contributed by atoms with Crippen molar-refractivity contribution in [2.24, 2.45) is 5.84 Å². The molecule has 7 N–H and O–H groups in total. The molecule has 0 unspecified atom stereocenters. The summed E-state index contributed by atoms with van der Waals surface area (Å²) in [6.07, 6.45) is -3.80. The zero-order valence-electron chi connectivity index (χ0n) is 16.7. The summed E-state index contributed by atoms with van der Waals surface area (Å²) in [6, 6.07) is 0. The third-order valence-corrected chi connectivity index (χ3v) is 5.32. The highest BCUT2D eigenvalue weighted by Gasteiger charge is 2.48. The van der Waals surface area contributed by atoms with E-state index in [1.807, 2.05) is 5.43 Å². The smallest absolute Gasteiger partial charge is 0.385 e. The van der Waals surface area contributed by atoms with Gasteiger partial charge in [0.2, 0.25) is 5.91 Å². The predicted octanol–water partition coefficient (Wildman–Crippen LogP) is -2.52. The van der Waals surface area contributed by atoms with E-state index < -0.39 is 34.9 Å². The van der Waals surface area contributed by atoms with Crippen molar-refractivity contribution in [1.29, 1.82) is 0 Å². The van der Waals surface area contributed by atoms with E-state index in [1.54, 1.807) is 18.9 Å². The summed E-state index contributed by atoms with van der Waals surface area (Å²) in [5, 5.41) is 10.8. The lowest BCUT2D eigenvalue weighted by atomic mass is 10.1. The highest BCUT2D eigenvalue weighted by molar-refractivity contribution is 7.80. The van der Waals surface area contributed by atoms with Gasteiger partial charge in [-0.25, -0.2) is 25.0 Å². The first-order valence-electron chi connectivity index (χ1n) is 9.14. The van der Waals surface area contributed by atoms with Gasteiger partial charge in [0.25, 0.3) is 0 Å². The summed E-state index contributed by atoms with van der Waals surface area (Å²) in [4.78, 5) is 25.3. The van der Waals surface area contributed by atoms with Gasteiger partial charge in [-0.2, -0.15) is 8.42 Å². The van der Waals surface area contributed by atoms with Gasteiger partial charge in [0.05, 0.1) is 0 Å². The fourth-order valence-corrected chi connectivity index (χ4v) is 3.96. The first-order valence-corrected chi connectivity index (χ1v) is 10.5. The molecule has 31 heavy (non-hydrogen) atoms. The normalized spacial score (nSPS) is 24.2. The summed E-state index contributed by atoms with van der Waals surface area (Å²) in [6.45, 7) is 1.95. The second-order valence-electron chi connectivity index (χ2n) is 7.08. The van der Waals surface area contributed by atoms with Crippen molar-refractivity contribution in [2.45, 2.75) is 37.9 Å².